The minimum atomic E-state index is -1.17. The topological polar surface area (TPSA) is 83.5 Å². The van der Waals surface area contributed by atoms with Crippen molar-refractivity contribution < 1.29 is 19.5 Å². The fourth-order valence-corrected chi connectivity index (χ4v) is 1.27. The molecular formula is C13H13NO4. The zero-order valence-electron chi connectivity index (χ0n) is 10.1. The number of anilines is 1. The van der Waals surface area contributed by atoms with Gasteiger partial charge < -0.3 is 10.4 Å². The number of carboxylic acid groups (broad SMARTS) is 1. The summed E-state index contributed by atoms with van der Waals surface area (Å²) in [7, 11) is 0. The highest BCUT2D eigenvalue weighted by atomic mass is 16.4. The Bertz CT molecular complexity index is 514. The molecule has 0 atom stereocenters. The molecule has 1 amide bonds. The fourth-order valence-electron chi connectivity index (χ4n) is 1.27. The first-order valence-corrected chi connectivity index (χ1v) is 5.23. The zero-order chi connectivity index (χ0) is 13.7. The van der Waals surface area contributed by atoms with Gasteiger partial charge in [-0.05, 0) is 38.1 Å². The van der Waals surface area contributed by atoms with Crippen molar-refractivity contribution in [3.05, 3.63) is 41.5 Å². The van der Waals surface area contributed by atoms with Crippen molar-refractivity contribution in [1.82, 2.24) is 0 Å². The molecule has 0 heterocycles. The molecule has 0 saturated carbocycles. The average Bonchev–Trinajstić information content (AvgIpc) is 2.28. The van der Waals surface area contributed by atoms with Crippen LogP contribution in [0.15, 0.2) is 35.9 Å². The van der Waals surface area contributed by atoms with Gasteiger partial charge in [-0.15, -0.1) is 0 Å². The van der Waals surface area contributed by atoms with E-state index in [1.54, 1.807) is 24.3 Å². The third kappa shape index (κ3) is 3.86. The Morgan fingerprint density at radius 2 is 1.67 bits per heavy atom. The van der Waals surface area contributed by atoms with Crippen molar-refractivity contribution in [2.75, 3.05) is 5.32 Å². The third-order valence-corrected chi connectivity index (χ3v) is 2.25. The van der Waals surface area contributed by atoms with Crippen LogP contribution in [0, 0.1) is 0 Å². The number of carbonyl (C=O) groups excluding carboxylic acids is 2. The first-order chi connectivity index (χ1) is 8.40. The molecule has 0 radical (unpaired) electrons. The second kappa shape index (κ2) is 5.77. The third-order valence-electron chi connectivity index (χ3n) is 2.25. The molecule has 1 aromatic rings. The Kier molecular flexibility index (Phi) is 4.37. The van der Waals surface area contributed by atoms with Gasteiger partial charge in [0.25, 0.3) is 5.91 Å². The Labute approximate surface area is 104 Å². The standard InChI is InChI=1S/C13H13NO4/c1-8(7-12(16)17)13(18)14-11-5-3-10(4-6-11)9(2)15/h3-7H,1-2H3,(H,14,18)(H,16,17)/b8-7-. The van der Waals surface area contributed by atoms with Crippen molar-refractivity contribution in [2.24, 2.45) is 0 Å². The molecule has 0 aliphatic carbocycles. The molecule has 0 fully saturated rings. The molecule has 5 nitrogen and oxygen atoms in total. The summed E-state index contributed by atoms with van der Waals surface area (Å²) in [5.74, 6) is -1.72. The monoisotopic (exact) mass is 247 g/mol. The van der Waals surface area contributed by atoms with E-state index in [-0.39, 0.29) is 11.4 Å². The van der Waals surface area contributed by atoms with Gasteiger partial charge in [-0.3, -0.25) is 9.59 Å². The van der Waals surface area contributed by atoms with E-state index in [4.69, 9.17) is 5.11 Å². The number of hydrogen-bond donors (Lipinski definition) is 2. The number of Topliss-reactive ketones (excluding diaryl/α,β-unsaturated/α-hetero) is 1. The summed E-state index contributed by atoms with van der Waals surface area (Å²) in [5.41, 5.74) is 1.15. The van der Waals surface area contributed by atoms with Crippen LogP contribution in [0.1, 0.15) is 24.2 Å². The van der Waals surface area contributed by atoms with Crippen molar-refractivity contribution in [1.29, 1.82) is 0 Å². The highest BCUT2D eigenvalue weighted by molar-refractivity contribution is 6.06. The number of ketones is 1. The predicted molar refractivity (Wildman–Crippen MR) is 66.5 cm³/mol. The van der Waals surface area contributed by atoms with Gasteiger partial charge in [0, 0.05) is 22.9 Å². The maximum Gasteiger partial charge on any atom is 0.328 e. The van der Waals surface area contributed by atoms with Gasteiger partial charge in [0.1, 0.15) is 0 Å². The van der Waals surface area contributed by atoms with Crippen LogP contribution in [0.5, 0.6) is 0 Å². The molecule has 0 bridgehead atoms. The number of hydrogen-bond acceptors (Lipinski definition) is 3. The molecule has 18 heavy (non-hydrogen) atoms. The highest BCUT2D eigenvalue weighted by Gasteiger charge is 2.07. The average molecular weight is 247 g/mol. The lowest BCUT2D eigenvalue weighted by Crippen LogP contribution is -2.13. The summed E-state index contributed by atoms with van der Waals surface area (Å²) in [4.78, 5) is 33.0. The van der Waals surface area contributed by atoms with E-state index in [1.165, 1.54) is 13.8 Å². The minimum Gasteiger partial charge on any atom is -0.478 e. The van der Waals surface area contributed by atoms with Crippen LogP contribution in [-0.4, -0.2) is 22.8 Å². The summed E-state index contributed by atoms with van der Waals surface area (Å²) >= 11 is 0. The molecule has 1 aromatic carbocycles. The van der Waals surface area contributed by atoms with E-state index in [9.17, 15) is 14.4 Å². The number of rotatable bonds is 4. The lowest BCUT2D eigenvalue weighted by Gasteiger charge is -2.05. The molecule has 2 N–H and O–H groups in total. The Morgan fingerprint density at radius 3 is 2.11 bits per heavy atom. The first-order valence-electron chi connectivity index (χ1n) is 5.23. The largest absolute Gasteiger partial charge is 0.478 e. The molecule has 0 aromatic heterocycles. The number of carbonyl (C=O) groups is 3. The van der Waals surface area contributed by atoms with Crippen molar-refractivity contribution >= 4 is 23.3 Å². The summed E-state index contributed by atoms with van der Waals surface area (Å²) in [6.45, 7) is 2.86. The molecule has 1 rings (SSSR count). The molecule has 0 spiro atoms. The first kappa shape index (κ1) is 13.6. The SMILES string of the molecule is CC(=O)c1ccc(NC(=O)/C(C)=C\C(=O)O)cc1. The van der Waals surface area contributed by atoms with Gasteiger partial charge >= 0.3 is 5.97 Å². The molecule has 5 heteroatoms. The fraction of sp³-hybridized carbons (Fsp3) is 0.154. The van der Waals surface area contributed by atoms with E-state index in [2.05, 4.69) is 5.32 Å². The quantitative estimate of drug-likeness (QED) is 0.628. The van der Waals surface area contributed by atoms with E-state index in [0.29, 0.717) is 11.3 Å². The molecule has 0 aliphatic rings. The molecule has 0 unspecified atom stereocenters. The summed E-state index contributed by atoms with van der Waals surface area (Å²) in [6.07, 6.45) is 0.833. The molecule has 0 aliphatic heterocycles. The van der Waals surface area contributed by atoms with Crippen LogP contribution in [0.4, 0.5) is 5.69 Å². The minimum absolute atomic E-state index is 0.0603. The van der Waals surface area contributed by atoms with Crippen LogP contribution in [0.25, 0.3) is 0 Å². The summed E-state index contributed by atoms with van der Waals surface area (Å²) in [5, 5.41) is 11.0. The number of nitrogens with one attached hydrogen (secondary N) is 1. The van der Waals surface area contributed by atoms with Gasteiger partial charge in [0.15, 0.2) is 5.78 Å². The summed E-state index contributed by atoms with van der Waals surface area (Å²) < 4.78 is 0. The van der Waals surface area contributed by atoms with Crippen molar-refractivity contribution in [3.8, 4) is 0 Å². The zero-order valence-corrected chi connectivity index (χ0v) is 10.1. The van der Waals surface area contributed by atoms with Crippen LogP contribution >= 0.6 is 0 Å². The highest BCUT2D eigenvalue weighted by Crippen LogP contribution is 2.11. The van der Waals surface area contributed by atoms with Crippen molar-refractivity contribution in [2.45, 2.75) is 13.8 Å². The van der Waals surface area contributed by atoms with E-state index in [0.717, 1.165) is 6.08 Å². The maximum atomic E-state index is 11.6. The second-order valence-corrected chi connectivity index (χ2v) is 3.75. The normalized spacial score (nSPS) is 10.9. The van der Waals surface area contributed by atoms with Gasteiger partial charge in [-0.2, -0.15) is 0 Å². The van der Waals surface area contributed by atoms with Gasteiger partial charge in [0.05, 0.1) is 0 Å². The van der Waals surface area contributed by atoms with Crippen LogP contribution in [0.3, 0.4) is 0 Å². The van der Waals surface area contributed by atoms with Gasteiger partial charge in [-0.1, -0.05) is 0 Å². The Morgan fingerprint density at radius 1 is 1.11 bits per heavy atom. The van der Waals surface area contributed by atoms with E-state index < -0.39 is 11.9 Å². The lowest BCUT2D eigenvalue weighted by molar-refractivity contribution is -0.131. The Hall–Kier alpha value is -2.43. The smallest absolute Gasteiger partial charge is 0.328 e. The van der Waals surface area contributed by atoms with Crippen LogP contribution in [0.2, 0.25) is 0 Å². The summed E-state index contributed by atoms with van der Waals surface area (Å²) in [6, 6.07) is 6.35. The number of benzene rings is 1. The molecule has 94 valence electrons. The van der Waals surface area contributed by atoms with Crippen molar-refractivity contribution in [3.63, 3.8) is 0 Å². The predicted octanol–water partition coefficient (Wildman–Crippen LogP) is 1.86. The number of aliphatic carboxylic acids is 1. The second-order valence-electron chi connectivity index (χ2n) is 3.75. The molecule has 0 saturated heterocycles. The number of carboxylic acids is 1. The maximum absolute atomic E-state index is 11.6. The van der Waals surface area contributed by atoms with Gasteiger partial charge in [-0.25, -0.2) is 4.79 Å². The lowest BCUT2D eigenvalue weighted by atomic mass is 10.1. The Balaban J connectivity index is 2.76. The van der Waals surface area contributed by atoms with E-state index in [1.807, 2.05) is 0 Å². The number of amides is 1. The van der Waals surface area contributed by atoms with Crippen LogP contribution in [-0.2, 0) is 9.59 Å². The van der Waals surface area contributed by atoms with Gasteiger partial charge in [0.2, 0.25) is 0 Å². The van der Waals surface area contributed by atoms with Crippen LogP contribution < -0.4 is 5.32 Å². The van der Waals surface area contributed by atoms with E-state index >= 15 is 0 Å². The molecular weight excluding hydrogens is 234 g/mol.